The molecule has 4 atom stereocenters. The molecule has 0 amide bonds. The van der Waals surface area contributed by atoms with Crippen LogP contribution in [0.5, 0.6) is 5.75 Å². The van der Waals surface area contributed by atoms with Crippen LogP contribution in [0.2, 0.25) is 0 Å². The molecule has 2 aliphatic rings. The molecule has 166 valence electrons. The number of Topliss-reactive ketones (excluding diaryl/α,β-unsaturated/α-hetero) is 1. The lowest BCUT2D eigenvalue weighted by atomic mass is 9.69. The number of hydrogen-bond donors (Lipinski definition) is 2. The zero-order chi connectivity index (χ0) is 22.9. The fourth-order valence-corrected chi connectivity index (χ4v) is 4.28. The SMILES string of the molecule is CC[C@H](C)OC(=O)C1=C(C)NC2=C(C(=O)[C@H](C(=O)OC)[C@H](C)C2)[C@H]1c1ccc(O)cc1. The molecule has 1 aromatic rings. The average Bonchev–Trinajstić information content (AvgIpc) is 2.72. The van der Waals surface area contributed by atoms with Crippen LogP contribution in [0.1, 0.15) is 52.0 Å². The Morgan fingerprint density at radius 3 is 2.48 bits per heavy atom. The van der Waals surface area contributed by atoms with Crippen LogP contribution in [0.4, 0.5) is 0 Å². The summed E-state index contributed by atoms with van der Waals surface area (Å²) in [4.78, 5) is 39.1. The molecule has 1 aliphatic carbocycles. The summed E-state index contributed by atoms with van der Waals surface area (Å²) in [6, 6.07) is 6.38. The van der Waals surface area contributed by atoms with E-state index >= 15 is 0 Å². The van der Waals surface area contributed by atoms with E-state index in [2.05, 4.69) is 5.32 Å². The molecule has 7 nitrogen and oxygen atoms in total. The van der Waals surface area contributed by atoms with Gasteiger partial charge in [0.2, 0.25) is 0 Å². The first-order valence-corrected chi connectivity index (χ1v) is 10.5. The summed E-state index contributed by atoms with van der Waals surface area (Å²) in [5.74, 6) is -3.25. The fraction of sp³-hybridized carbons (Fsp3) is 0.458. The average molecular weight is 427 g/mol. The van der Waals surface area contributed by atoms with Gasteiger partial charge in [0.1, 0.15) is 11.7 Å². The molecule has 0 bridgehead atoms. The molecule has 0 radical (unpaired) electrons. The number of ketones is 1. The largest absolute Gasteiger partial charge is 0.508 e. The van der Waals surface area contributed by atoms with Gasteiger partial charge >= 0.3 is 11.9 Å². The number of hydrogen-bond acceptors (Lipinski definition) is 7. The Morgan fingerprint density at radius 1 is 1.26 bits per heavy atom. The predicted molar refractivity (Wildman–Crippen MR) is 114 cm³/mol. The summed E-state index contributed by atoms with van der Waals surface area (Å²) >= 11 is 0. The Bertz CT molecular complexity index is 959. The number of ether oxygens (including phenoxy) is 2. The van der Waals surface area contributed by atoms with E-state index in [1.807, 2.05) is 20.8 Å². The first kappa shape index (κ1) is 22.6. The van der Waals surface area contributed by atoms with Gasteiger partial charge in [-0.25, -0.2) is 4.79 Å². The molecule has 0 unspecified atom stereocenters. The molecule has 0 aromatic heterocycles. The van der Waals surface area contributed by atoms with Crippen molar-refractivity contribution >= 4 is 17.7 Å². The molecule has 0 fully saturated rings. The third kappa shape index (κ3) is 4.22. The Hall–Kier alpha value is -3.09. The van der Waals surface area contributed by atoms with E-state index in [4.69, 9.17) is 9.47 Å². The number of dihydropyridines is 1. The van der Waals surface area contributed by atoms with E-state index in [0.717, 1.165) is 0 Å². The van der Waals surface area contributed by atoms with Crippen LogP contribution >= 0.6 is 0 Å². The smallest absolute Gasteiger partial charge is 0.337 e. The van der Waals surface area contributed by atoms with Gasteiger partial charge in [-0.15, -0.1) is 0 Å². The number of nitrogens with one attached hydrogen (secondary N) is 1. The normalized spacial score (nSPS) is 24.3. The van der Waals surface area contributed by atoms with Crippen LogP contribution in [0.3, 0.4) is 0 Å². The Labute approximate surface area is 182 Å². The minimum absolute atomic E-state index is 0.0763. The maximum absolute atomic E-state index is 13.6. The highest BCUT2D eigenvalue weighted by Crippen LogP contribution is 2.45. The highest BCUT2D eigenvalue weighted by Gasteiger charge is 2.47. The molecule has 2 N–H and O–H groups in total. The third-order valence-electron chi connectivity index (χ3n) is 6.07. The second kappa shape index (κ2) is 8.96. The summed E-state index contributed by atoms with van der Waals surface area (Å²) in [7, 11) is 1.27. The van der Waals surface area contributed by atoms with Gasteiger partial charge in [-0.1, -0.05) is 26.0 Å². The van der Waals surface area contributed by atoms with Crippen molar-refractivity contribution in [3.63, 3.8) is 0 Å². The van der Waals surface area contributed by atoms with Crippen LogP contribution in [0, 0.1) is 11.8 Å². The van der Waals surface area contributed by atoms with Gasteiger partial charge in [0.05, 0.1) is 18.8 Å². The molecule has 0 saturated carbocycles. The number of carbonyl (C=O) groups is 3. The van der Waals surface area contributed by atoms with Crippen LogP contribution in [0.15, 0.2) is 46.8 Å². The highest BCUT2D eigenvalue weighted by atomic mass is 16.5. The molecule has 1 aliphatic heterocycles. The van der Waals surface area contributed by atoms with Crippen molar-refractivity contribution < 1.29 is 29.0 Å². The van der Waals surface area contributed by atoms with Crippen molar-refractivity contribution in [2.75, 3.05) is 7.11 Å². The highest BCUT2D eigenvalue weighted by molar-refractivity contribution is 6.12. The molecular weight excluding hydrogens is 398 g/mol. The van der Waals surface area contributed by atoms with Crippen molar-refractivity contribution in [3.8, 4) is 5.75 Å². The van der Waals surface area contributed by atoms with Crippen molar-refractivity contribution in [2.24, 2.45) is 11.8 Å². The minimum Gasteiger partial charge on any atom is -0.508 e. The molecule has 31 heavy (non-hydrogen) atoms. The van der Waals surface area contributed by atoms with E-state index in [1.165, 1.54) is 19.2 Å². The number of rotatable bonds is 5. The predicted octanol–water partition coefficient (Wildman–Crippen LogP) is 3.35. The molecular formula is C24H29NO6. The van der Waals surface area contributed by atoms with Crippen molar-refractivity contribution in [2.45, 2.75) is 52.6 Å². The zero-order valence-electron chi connectivity index (χ0n) is 18.5. The minimum atomic E-state index is -0.935. The topological polar surface area (TPSA) is 102 Å². The van der Waals surface area contributed by atoms with Crippen LogP contribution in [-0.2, 0) is 23.9 Å². The van der Waals surface area contributed by atoms with Crippen LogP contribution in [0.25, 0.3) is 0 Å². The molecule has 3 rings (SSSR count). The van der Waals surface area contributed by atoms with Gasteiger partial charge in [0.15, 0.2) is 5.78 Å². The lowest BCUT2D eigenvalue weighted by molar-refractivity contribution is -0.151. The van der Waals surface area contributed by atoms with Crippen molar-refractivity contribution in [3.05, 3.63) is 52.4 Å². The number of carbonyl (C=O) groups excluding carboxylic acids is 3. The standard InChI is InChI=1S/C24H29NO6/c1-6-13(3)31-24(29)19-14(4)25-17-11-12(2)18(23(28)30-5)22(27)21(17)20(19)15-7-9-16(26)10-8-15/h7-10,12-13,18,20,25-26H,6,11H2,1-5H3/t12-,13+,18-,20+/m1/s1. The van der Waals surface area contributed by atoms with E-state index in [0.29, 0.717) is 40.9 Å². The lowest BCUT2D eigenvalue weighted by Crippen LogP contribution is -2.43. The summed E-state index contributed by atoms with van der Waals surface area (Å²) in [5, 5.41) is 13.0. The van der Waals surface area contributed by atoms with Crippen molar-refractivity contribution in [1.29, 1.82) is 0 Å². The molecule has 1 aromatic carbocycles. The number of allylic oxidation sites excluding steroid dienone is 3. The van der Waals surface area contributed by atoms with Gasteiger partial charge in [-0.05, 0) is 50.3 Å². The van der Waals surface area contributed by atoms with E-state index in [-0.39, 0.29) is 23.6 Å². The van der Waals surface area contributed by atoms with Gasteiger partial charge in [0.25, 0.3) is 0 Å². The number of benzene rings is 1. The maximum Gasteiger partial charge on any atom is 0.337 e. The van der Waals surface area contributed by atoms with Gasteiger partial charge < -0.3 is 19.9 Å². The second-order valence-corrected chi connectivity index (χ2v) is 8.25. The fourth-order valence-electron chi connectivity index (χ4n) is 4.28. The van der Waals surface area contributed by atoms with Crippen LogP contribution in [-0.4, -0.2) is 36.0 Å². The Morgan fingerprint density at radius 2 is 1.90 bits per heavy atom. The van der Waals surface area contributed by atoms with E-state index in [9.17, 15) is 19.5 Å². The van der Waals surface area contributed by atoms with Gasteiger partial charge in [-0.2, -0.15) is 0 Å². The maximum atomic E-state index is 13.6. The third-order valence-corrected chi connectivity index (χ3v) is 6.07. The lowest BCUT2D eigenvalue weighted by Gasteiger charge is -2.38. The summed E-state index contributed by atoms with van der Waals surface area (Å²) in [5.41, 5.74) is 2.68. The summed E-state index contributed by atoms with van der Waals surface area (Å²) in [6.07, 6.45) is 0.846. The van der Waals surface area contributed by atoms with Crippen LogP contribution < -0.4 is 5.32 Å². The first-order chi connectivity index (χ1) is 14.7. The van der Waals surface area contributed by atoms with E-state index < -0.39 is 23.8 Å². The number of phenols is 1. The quantitative estimate of drug-likeness (QED) is 0.549. The summed E-state index contributed by atoms with van der Waals surface area (Å²) < 4.78 is 10.5. The Kier molecular flexibility index (Phi) is 6.53. The number of phenolic OH excluding ortho intramolecular Hbond substituents is 1. The Balaban J connectivity index is 2.15. The first-order valence-electron chi connectivity index (χ1n) is 10.5. The zero-order valence-corrected chi connectivity index (χ0v) is 18.5. The van der Waals surface area contributed by atoms with Gasteiger partial charge in [-0.3, -0.25) is 9.59 Å². The number of methoxy groups -OCH3 is 1. The molecule has 7 heteroatoms. The monoisotopic (exact) mass is 427 g/mol. The molecule has 0 spiro atoms. The molecule has 1 heterocycles. The number of aromatic hydroxyl groups is 1. The number of esters is 2. The summed E-state index contributed by atoms with van der Waals surface area (Å²) in [6.45, 7) is 7.35. The van der Waals surface area contributed by atoms with E-state index in [1.54, 1.807) is 19.1 Å². The molecule has 0 saturated heterocycles. The van der Waals surface area contributed by atoms with Gasteiger partial charge in [0, 0.05) is 22.9 Å². The van der Waals surface area contributed by atoms with Crippen molar-refractivity contribution in [1.82, 2.24) is 5.32 Å². The second-order valence-electron chi connectivity index (χ2n) is 8.25.